The summed E-state index contributed by atoms with van der Waals surface area (Å²) in [6, 6.07) is 0. The second-order valence-electron chi connectivity index (χ2n) is 9.07. The van der Waals surface area contributed by atoms with Crippen molar-refractivity contribution >= 4 is 11.8 Å². The first kappa shape index (κ1) is 18.2. The molecule has 0 bridgehead atoms. The number of unbranched alkanes of at least 4 members (excludes halogenated alkanes) is 1. The Bertz CT molecular complexity index is 532. The number of ether oxygens (including phenoxy) is 2. The Kier molecular flexibility index (Phi) is 4.76. The molecule has 0 aromatic carbocycles. The molecule has 0 aromatic rings. The van der Waals surface area contributed by atoms with Crippen molar-refractivity contribution < 1.29 is 19.1 Å². The van der Waals surface area contributed by atoms with Gasteiger partial charge in [0.1, 0.15) is 0 Å². The highest BCUT2D eigenvalue weighted by Gasteiger charge is 2.56. The highest BCUT2D eigenvalue weighted by Crippen LogP contribution is 2.50. The van der Waals surface area contributed by atoms with Gasteiger partial charge in [-0.25, -0.2) is 0 Å². The normalized spacial score (nSPS) is 43.0. The standard InChI is InChI=1S/C20H32N2O4/c1-19-7-5-13(11-15(19)25-19)17(23)21-9-3-4-10-22-18(24)14-6-8-20(2)16(12-14)26-20/h13-16H,3-12H2,1-2H3,(H,21,23)(H,22,24). The maximum atomic E-state index is 12.2. The van der Waals surface area contributed by atoms with E-state index in [1.165, 1.54) is 0 Å². The van der Waals surface area contributed by atoms with Gasteiger partial charge in [-0.2, -0.15) is 0 Å². The van der Waals surface area contributed by atoms with Crippen LogP contribution in [-0.2, 0) is 19.1 Å². The predicted molar refractivity (Wildman–Crippen MR) is 96.5 cm³/mol. The van der Waals surface area contributed by atoms with Crippen LogP contribution in [0.4, 0.5) is 0 Å². The van der Waals surface area contributed by atoms with Crippen molar-refractivity contribution in [2.45, 2.75) is 88.6 Å². The third-order valence-corrected chi connectivity index (χ3v) is 6.99. The molecule has 146 valence electrons. The summed E-state index contributed by atoms with van der Waals surface area (Å²) in [6.45, 7) is 5.66. The fraction of sp³-hybridized carbons (Fsp3) is 0.900. The summed E-state index contributed by atoms with van der Waals surface area (Å²) in [5, 5.41) is 6.09. The van der Waals surface area contributed by atoms with Crippen molar-refractivity contribution in [3.8, 4) is 0 Å². The number of epoxide rings is 2. The van der Waals surface area contributed by atoms with E-state index in [1.807, 2.05) is 0 Å². The fourth-order valence-corrected chi connectivity index (χ4v) is 4.73. The third-order valence-electron chi connectivity index (χ3n) is 6.99. The van der Waals surface area contributed by atoms with E-state index >= 15 is 0 Å². The molecule has 2 saturated carbocycles. The molecule has 6 unspecified atom stereocenters. The van der Waals surface area contributed by atoms with Crippen LogP contribution in [-0.4, -0.2) is 48.3 Å². The van der Waals surface area contributed by atoms with Crippen LogP contribution < -0.4 is 10.6 Å². The maximum absolute atomic E-state index is 12.2. The van der Waals surface area contributed by atoms with Gasteiger partial charge in [0.05, 0.1) is 23.4 Å². The Labute approximate surface area is 155 Å². The Hall–Kier alpha value is -1.14. The minimum atomic E-state index is 0.0670. The van der Waals surface area contributed by atoms with Gasteiger partial charge in [-0.05, 0) is 65.2 Å². The summed E-state index contributed by atoms with van der Waals surface area (Å²) in [5.74, 6) is 0.552. The van der Waals surface area contributed by atoms with Crippen LogP contribution in [0.5, 0.6) is 0 Å². The molecule has 6 heteroatoms. The zero-order chi connectivity index (χ0) is 18.4. The maximum Gasteiger partial charge on any atom is 0.223 e. The molecule has 6 atom stereocenters. The molecule has 0 aromatic heterocycles. The van der Waals surface area contributed by atoms with E-state index in [0.29, 0.717) is 25.3 Å². The monoisotopic (exact) mass is 364 g/mol. The van der Waals surface area contributed by atoms with E-state index in [2.05, 4.69) is 24.5 Å². The summed E-state index contributed by atoms with van der Waals surface area (Å²) in [7, 11) is 0. The highest BCUT2D eigenvalue weighted by atomic mass is 16.6. The average Bonchev–Trinajstić information content (AvgIpc) is 3.48. The summed E-state index contributed by atoms with van der Waals surface area (Å²) in [5.41, 5.74) is 0.134. The Morgan fingerprint density at radius 1 is 0.846 bits per heavy atom. The molecule has 2 saturated heterocycles. The van der Waals surface area contributed by atoms with Gasteiger partial charge in [0.2, 0.25) is 11.8 Å². The van der Waals surface area contributed by atoms with Gasteiger partial charge < -0.3 is 20.1 Å². The first-order valence-corrected chi connectivity index (χ1v) is 10.3. The molecule has 4 rings (SSSR count). The van der Waals surface area contributed by atoms with Crippen LogP contribution in [0.1, 0.15) is 65.2 Å². The molecule has 26 heavy (non-hydrogen) atoms. The van der Waals surface area contributed by atoms with Crippen LogP contribution in [0.3, 0.4) is 0 Å². The number of amides is 2. The van der Waals surface area contributed by atoms with Crippen molar-refractivity contribution in [1.82, 2.24) is 10.6 Å². The van der Waals surface area contributed by atoms with Gasteiger partial charge in [-0.15, -0.1) is 0 Å². The van der Waals surface area contributed by atoms with Gasteiger partial charge in [0.15, 0.2) is 0 Å². The number of rotatable bonds is 7. The quantitative estimate of drug-likeness (QED) is 0.534. The Balaban J connectivity index is 1.04. The van der Waals surface area contributed by atoms with Crippen molar-refractivity contribution in [2.24, 2.45) is 11.8 Å². The van der Waals surface area contributed by atoms with Crippen molar-refractivity contribution in [2.75, 3.05) is 13.1 Å². The number of hydrogen-bond donors (Lipinski definition) is 2. The van der Waals surface area contributed by atoms with Crippen LogP contribution >= 0.6 is 0 Å². The highest BCUT2D eigenvalue weighted by molar-refractivity contribution is 5.79. The minimum Gasteiger partial charge on any atom is -0.366 e. The first-order chi connectivity index (χ1) is 12.4. The average molecular weight is 364 g/mol. The van der Waals surface area contributed by atoms with Crippen LogP contribution in [0.15, 0.2) is 0 Å². The molecule has 2 heterocycles. The van der Waals surface area contributed by atoms with Gasteiger partial charge in [-0.3, -0.25) is 9.59 Å². The molecule has 6 nitrogen and oxygen atoms in total. The zero-order valence-corrected chi connectivity index (χ0v) is 16.0. The molecule has 4 fully saturated rings. The van der Waals surface area contributed by atoms with Crippen LogP contribution in [0.2, 0.25) is 0 Å². The van der Waals surface area contributed by atoms with Crippen molar-refractivity contribution in [3.05, 3.63) is 0 Å². The van der Waals surface area contributed by atoms with E-state index in [1.54, 1.807) is 0 Å². The fourth-order valence-electron chi connectivity index (χ4n) is 4.73. The van der Waals surface area contributed by atoms with E-state index in [4.69, 9.17) is 9.47 Å². The van der Waals surface area contributed by atoms with Gasteiger partial charge >= 0.3 is 0 Å². The van der Waals surface area contributed by atoms with Crippen molar-refractivity contribution in [3.63, 3.8) is 0 Å². The Morgan fingerprint density at radius 3 is 1.65 bits per heavy atom. The predicted octanol–water partition coefficient (Wildman–Crippen LogP) is 1.91. The zero-order valence-electron chi connectivity index (χ0n) is 16.0. The molecule has 0 radical (unpaired) electrons. The lowest BCUT2D eigenvalue weighted by atomic mass is 9.82. The molecule has 2 aliphatic heterocycles. The second-order valence-corrected chi connectivity index (χ2v) is 9.07. The number of carbonyl (C=O) groups is 2. The Morgan fingerprint density at radius 2 is 1.27 bits per heavy atom. The molecule has 0 spiro atoms. The minimum absolute atomic E-state index is 0.0670. The van der Waals surface area contributed by atoms with E-state index < -0.39 is 0 Å². The lowest BCUT2D eigenvalue weighted by Crippen LogP contribution is -2.37. The van der Waals surface area contributed by atoms with E-state index in [9.17, 15) is 9.59 Å². The topological polar surface area (TPSA) is 83.3 Å². The molecular formula is C20H32N2O4. The summed E-state index contributed by atoms with van der Waals surface area (Å²) in [4.78, 5) is 24.5. The molecule has 2 N–H and O–H groups in total. The van der Waals surface area contributed by atoms with E-state index in [-0.39, 0.29) is 34.9 Å². The largest absolute Gasteiger partial charge is 0.366 e. The van der Waals surface area contributed by atoms with Gasteiger partial charge in [0.25, 0.3) is 0 Å². The van der Waals surface area contributed by atoms with Crippen LogP contribution in [0.25, 0.3) is 0 Å². The van der Waals surface area contributed by atoms with Crippen LogP contribution in [0, 0.1) is 11.8 Å². The number of nitrogens with one attached hydrogen (secondary N) is 2. The summed E-state index contributed by atoms with van der Waals surface area (Å²) < 4.78 is 11.3. The molecule has 2 aliphatic carbocycles. The molecular weight excluding hydrogens is 332 g/mol. The first-order valence-electron chi connectivity index (χ1n) is 10.3. The van der Waals surface area contributed by atoms with Gasteiger partial charge in [-0.1, -0.05) is 0 Å². The number of fused-ring (bicyclic) bond motifs is 2. The molecule has 4 aliphatic rings. The second kappa shape index (κ2) is 6.79. The summed E-state index contributed by atoms with van der Waals surface area (Å²) >= 11 is 0. The number of carbonyl (C=O) groups excluding carboxylic acids is 2. The summed E-state index contributed by atoms with van der Waals surface area (Å²) in [6.07, 6.45) is 7.95. The van der Waals surface area contributed by atoms with Gasteiger partial charge in [0, 0.05) is 24.9 Å². The number of hydrogen-bond acceptors (Lipinski definition) is 4. The smallest absolute Gasteiger partial charge is 0.223 e. The molecule has 2 amide bonds. The lowest BCUT2D eigenvalue weighted by Gasteiger charge is -2.22. The lowest BCUT2D eigenvalue weighted by molar-refractivity contribution is -0.126. The third kappa shape index (κ3) is 3.77. The SMILES string of the molecule is CC12CCC(C(=O)NCCCCNC(=O)C3CCC4(C)OC4C3)CC1O2. The van der Waals surface area contributed by atoms with Crippen molar-refractivity contribution in [1.29, 1.82) is 0 Å². The van der Waals surface area contributed by atoms with E-state index in [0.717, 1.165) is 51.4 Å².